The number of phenolic OH excluding ortho intramolecular Hbond substituents is 1. The van der Waals surface area contributed by atoms with Gasteiger partial charge in [-0.25, -0.2) is 4.39 Å². The van der Waals surface area contributed by atoms with Crippen molar-refractivity contribution in [2.24, 2.45) is 5.73 Å². The van der Waals surface area contributed by atoms with Gasteiger partial charge in [0.05, 0.1) is 12.6 Å². The first-order valence-electron chi connectivity index (χ1n) is 3.88. The molecule has 4 heteroatoms. The molecule has 1 aromatic rings. The number of ether oxygens (including phenoxy) is 1. The zero-order valence-corrected chi connectivity index (χ0v) is 7.33. The van der Waals surface area contributed by atoms with Crippen LogP contribution in [0.2, 0.25) is 0 Å². The second-order valence-electron chi connectivity index (χ2n) is 2.77. The van der Waals surface area contributed by atoms with Crippen molar-refractivity contribution in [2.75, 3.05) is 13.7 Å². The van der Waals surface area contributed by atoms with Crippen LogP contribution in [0.1, 0.15) is 11.6 Å². The summed E-state index contributed by atoms with van der Waals surface area (Å²) in [7, 11) is 1.52. The van der Waals surface area contributed by atoms with Gasteiger partial charge in [-0.1, -0.05) is 6.07 Å². The van der Waals surface area contributed by atoms with Gasteiger partial charge in [0.2, 0.25) is 0 Å². The third-order valence-corrected chi connectivity index (χ3v) is 1.75. The Hall–Kier alpha value is -1.13. The van der Waals surface area contributed by atoms with Gasteiger partial charge in [0, 0.05) is 7.11 Å². The molecule has 72 valence electrons. The van der Waals surface area contributed by atoms with Crippen LogP contribution in [0.4, 0.5) is 4.39 Å². The zero-order valence-electron chi connectivity index (χ0n) is 7.33. The third kappa shape index (κ3) is 2.40. The standard InChI is InChI=1S/C9H12FNO2/c1-13-5-8(11)6-2-3-9(12)7(10)4-6/h2-4,8,12H,5,11H2,1H3/t8-/m1/s1. The first kappa shape index (κ1) is 9.95. The average Bonchev–Trinajstić information content (AvgIpc) is 2.10. The fourth-order valence-corrected chi connectivity index (χ4v) is 1.03. The predicted octanol–water partition coefficient (Wildman–Crippen LogP) is 1.18. The number of phenols is 1. The van der Waals surface area contributed by atoms with Gasteiger partial charge >= 0.3 is 0 Å². The molecule has 0 radical (unpaired) electrons. The minimum absolute atomic E-state index is 0.324. The van der Waals surface area contributed by atoms with Crippen LogP contribution in [0, 0.1) is 5.82 Å². The highest BCUT2D eigenvalue weighted by atomic mass is 19.1. The fraction of sp³-hybridized carbons (Fsp3) is 0.333. The summed E-state index contributed by atoms with van der Waals surface area (Å²) < 4.78 is 17.7. The molecular weight excluding hydrogens is 173 g/mol. The molecule has 0 unspecified atom stereocenters. The Morgan fingerprint density at radius 3 is 2.85 bits per heavy atom. The Balaban J connectivity index is 2.84. The number of methoxy groups -OCH3 is 1. The van der Waals surface area contributed by atoms with E-state index in [0.29, 0.717) is 12.2 Å². The second kappa shape index (κ2) is 4.20. The van der Waals surface area contributed by atoms with Crippen LogP contribution in [0.5, 0.6) is 5.75 Å². The Bertz CT molecular complexity index is 291. The maximum Gasteiger partial charge on any atom is 0.165 e. The lowest BCUT2D eigenvalue weighted by Gasteiger charge is -2.10. The van der Waals surface area contributed by atoms with Gasteiger partial charge in [0.1, 0.15) is 0 Å². The summed E-state index contributed by atoms with van der Waals surface area (Å²) in [5.74, 6) is -1.03. The van der Waals surface area contributed by atoms with E-state index < -0.39 is 5.82 Å². The number of aromatic hydroxyl groups is 1. The fourth-order valence-electron chi connectivity index (χ4n) is 1.03. The molecule has 0 saturated heterocycles. The van der Waals surface area contributed by atoms with Crippen molar-refractivity contribution in [3.63, 3.8) is 0 Å². The minimum atomic E-state index is -0.663. The van der Waals surface area contributed by atoms with Gasteiger partial charge in [0.25, 0.3) is 0 Å². The monoisotopic (exact) mass is 185 g/mol. The number of hydrogen-bond donors (Lipinski definition) is 2. The molecule has 3 N–H and O–H groups in total. The number of halogens is 1. The molecule has 0 heterocycles. The van der Waals surface area contributed by atoms with Gasteiger partial charge in [-0.3, -0.25) is 0 Å². The molecular formula is C9H12FNO2. The summed E-state index contributed by atoms with van der Waals surface area (Å²) >= 11 is 0. The Labute approximate surface area is 75.9 Å². The van der Waals surface area contributed by atoms with Crippen molar-refractivity contribution < 1.29 is 14.2 Å². The lowest BCUT2D eigenvalue weighted by molar-refractivity contribution is 0.181. The summed E-state index contributed by atoms with van der Waals surface area (Å²) in [5.41, 5.74) is 6.26. The van der Waals surface area contributed by atoms with Crippen LogP contribution >= 0.6 is 0 Å². The highest BCUT2D eigenvalue weighted by Gasteiger charge is 2.08. The molecule has 0 bridgehead atoms. The molecule has 1 aromatic carbocycles. The van der Waals surface area contributed by atoms with E-state index >= 15 is 0 Å². The number of hydrogen-bond acceptors (Lipinski definition) is 3. The van der Waals surface area contributed by atoms with Crippen molar-refractivity contribution >= 4 is 0 Å². The first-order chi connectivity index (χ1) is 6.15. The van der Waals surface area contributed by atoms with Crippen LogP contribution in [-0.2, 0) is 4.74 Å². The molecule has 0 saturated carbocycles. The zero-order chi connectivity index (χ0) is 9.84. The van der Waals surface area contributed by atoms with E-state index in [2.05, 4.69) is 0 Å². The lowest BCUT2D eigenvalue weighted by atomic mass is 10.1. The van der Waals surface area contributed by atoms with Crippen LogP contribution in [0.25, 0.3) is 0 Å². The maximum absolute atomic E-state index is 12.8. The predicted molar refractivity (Wildman–Crippen MR) is 46.9 cm³/mol. The number of benzene rings is 1. The lowest BCUT2D eigenvalue weighted by Crippen LogP contribution is -2.16. The van der Waals surface area contributed by atoms with Crippen molar-refractivity contribution in [1.29, 1.82) is 0 Å². The summed E-state index contributed by atoms with van der Waals surface area (Å²) in [6.45, 7) is 0.324. The smallest absolute Gasteiger partial charge is 0.165 e. The van der Waals surface area contributed by atoms with Gasteiger partial charge in [-0.2, -0.15) is 0 Å². The second-order valence-corrected chi connectivity index (χ2v) is 2.77. The van der Waals surface area contributed by atoms with Crippen LogP contribution in [0.3, 0.4) is 0 Å². The van der Waals surface area contributed by atoms with Gasteiger partial charge in [-0.15, -0.1) is 0 Å². The number of rotatable bonds is 3. The van der Waals surface area contributed by atoms with E-state index in [1.165, 1.54) is 19.2 Å². The number of nitrogens with two attached hydrogens (primary N) is 1. The first-order valence-corrected chi connectivity index (χ1v) is 3.88. The molecule has 1 atom stereocenters. The molecule has 13 heavy (non-hydrogen) atoms. The van der Waals surface area contributed by atoms with Crippen LogP contribution < -0.4 is 5.73 Å². The van der Waals surface area contributed by atoms with Gasteiger partial charge in [0.15, 0.2) is 11.6 Å². The quantitative estimate of drug-likeness (QED) is 0.743. The Morgan fingerprint density at radius 2 is 2.31 bits per heavy atom. The Kier molecular flexibility index (Phi) is 3.22. The van der Waals surface area contributed by atoms with E-state index in [-0.39, 0.29) is 11.8 Å². The van der Waals surface area contributed by atoms with Crippen molar-refractivity contribution in [3.05, 3.63) is 29.6 Å². The topological polar surface area (TPSA) is 55.5 Å². The largest absolute Gasteiger partial charge is 0.505 e. The van der Waals surface area contributed by atoms with E-state index in [9.17, 15) is 4.39 Å². The summed E-state index contributed by atoms with van der Waals surface area (Å²) in [6, 6.07) is 3.70. The maximum atomic E-state index is 12.8. The van der Waals surface area contributed by atoms with Gasteiger partial charge in [-0.05, 0) is 17.7 Å². The molecule has 0 amide bonds. The minimum Gasteiger partial charge on any atom is -0.505 e. The molecule has 0 spiro atoms. The molecule has 0 aromatic heterocycles. The van der Waals surface area contributed by atoms with E-state index in [1.54, 1.807) is 6.07 Å². The molecule has 1 rings (SSSR count). The average molecular weight is 185 g/mol. The molecule has 3 nitrogen and oxygen atoms in total. The summed E-state index contributed by atoms with van der Waals surface area (Å²) in [5, 5.41) is 8.91. The molecule has 0 aliphatic carbocycles. The van der Waals surface area contributed by atoms with Crippen LogP contribution in [0.15, 0.2) is 18.2 Å². The molecule has 0 aliphatic heterocycles. The van der Waals surface area contributed by atoms with E-state index in [4.69, 9.17) is 15.6 Å². The normalized spacial score (nSPS) is 12.8. The SMILES string of the molecule is COC[C@@H](N)c1ccc(O)c(F)c1. The van der Waals surface area contributed by atoms with E-state index in [1.807, 2.05) is 0 Å². The highest BCUT2D eigenvalue weighted by Crippen LogP contribution is 2.19. The Morgan fingerprint density at radius 1 is 1.62 bits per heavy atom. The van der Waals surface area contributed by atoms with Crippen molar-refractivity contribution in [1.82, 2.24) is 0 Å². The summed E-state index contributed by atoms with van der Waals surface area (Å²) in [4.78, 5) is 0. The van der Waals surface area contributed by atoms with Gasteiger partial charge < -0.3 is 15.6 Å². The van der Waals surface area contributed by atoms with Crippen LogP contribution in [-0.4, -0.2) is 18.8 Å². The van der Waals surface area contributed by atoms with Crippen molar-refractivity contribution in [3.8, 4) is 5.75 Å². The third-order valence-electron chi connectivity index (χ3n) is 1.75. The summed E-state index contributed by atoms with van der Waals surface area (Å²) in [6.07, 6.45) is 0. The van der Waals surface area contributed by atoms with E-state index in [0.717, 1.165) is 0 Å². The molecule has 0 fully saturated rings. The van der Waals surface area contributed by atoms with Crippen molar-refractivity contribution in [2.45, 2.75) is 6.04 Å². The highest BCUT2D eigenvalue weighted by molar-refractivity contribution is 5.29. The molecule has 0 aliphatic rings.